The molecular weight excluding hydrogens is 863 g/mol. The largest absolute Gasteiger partial charge is 0.466 e. The summed E-state index contributed by atoms with van der Waals surface area (Å²) >= 11 is 0. The number of nitrogens with one attached hydrogen (secondary N) is 1. The first kappa shape index (κ1) is 68.1. The maximum absolute atomic E-state index is 12.5. The van der Waals surface area contributed by atoms with E-state index in [1.807, 2.05) is 6.08 Å². The summed E-state index contributed by atoms with van der Waals surface area (Å²) in [5.41, 5.74) is 0. The Morgan fingerprint density at radius 1 is 0.400 bits per heavy atom. The monoisotopic (exact) mass is 984 g/mol. The van der Waals surface area contributed by atoms with Gasteiger partial charge in [-0.25, -0.2) is 0 Å². The van der Waals surface area contributed by atoms with Crippen molar-refractivity contribution < 1.29 is 24.5 Å². The van der Waals surface area contributed by atoms with Gasteiger partial charge in [0.15, 0.2) is 0 Å². The second-order valence-corrected chi connectivity index (χ2v) is 21.4. The van der Waals surface area contributed by atoms with Gasteiger partial charge >= 0.3 is 5.97 Å². The Morgan fingerprint density at radius 2 is 0.714 bits per heavy atom. The van der Waals surface area contributed by atoms with Gasteiger partial charge in [-0.05, 0) is 64.2 Å². The van der Waals surface area contributed by atoms with E-state index in [9.17, 15) is 19.8 Å². The van der Waals surface area contributed by atoms with Crippen molar-refractivity contribution in [2.45, 2.75) is 347 Å². The molecule has 0 spiro atoms. The molecule has 2 atom stereocenters. The first-order chi connectivity index (χ1) is 34.5. The lowest BCUT2D eigenvalue weighted by atomic mass is 10.0. The lowest BCUT2D eigenvalue weighted by Crippen LogP contribution is -2.45. The Kier molecular flexibility index (Phi) is 58.0. The molecule has 0 aromatic heterocycles. The standard InChI is InChI=1S/C64H121NO5/c1-3-5-7-9-11-13-15-17-28-32-36-40-44-48-52-56-62(67)61(60-66)65-63(68)57-53-49-45-41-37-33-30-26-24-22-20-19-21-23-25-27-31-35-39-43-47-51-55-59-70-64(69)58-54-50-46-42-38-34-29-18-16-14-12-10-8-6-4-2/h19,21-22,24,52,56,61-62,66-67H,3-18,20,23,25-51,53-55,57-60H2,1-2H3,(H,65,68)/b21-19-,24-22-,56-52+. The third-order valence-electron chi connectivity index (χ3n) is 14.4. The maximum atomic E-state index is 12.5. The van der Waals surface area contributed by atoms with Crippen LogP contribution in [0.2, 0.25) is 0 Å². The van der Waals surface area contributed by atoms with Crippen LogP contribution in [0.4, 0.5) is 0 Å². The molecule has 0 aliphatic carbocycles. The summed E-state index contributed by atoms with van der Waals surface area (Å²) in [4.78, 5) is 24.5. The summed E-state index contributed by atoms with van der Waals surface area (Å²) < 4.78 is 5.48. The number of aliphatic hydroxyl groups is 2. The molecule has 412 valence electrons. The molecule has 0 fully saturated rings. The van der Waals surface area contributed by atoms with Gasteiger partial charge in [-0.2, -0.15) is 0 Å². The normalized spacial score (nSPS) is 12.8. The summed E-state index contributed by atoms with van der Waals surface area (Å²) in [6.45, 7) is 4.91. The summed E-state index contributed by atoms with van der Waals surface area (Å²) in [6.07, 6.45) is 74.7. The van der Waals surface area contributed by atoms with Crippen LogP contribution >= 0.6 is 0 Å². The third-order valence-corrected chi connectivity index (χ3v) is 14.4. The zero-order chi connectivity index (χ0) is 50.7. The Balaban J connectivity index is 3.46. The third kappa shape index (κ3) is 55.4. The van der Waals surface area contributed by atoms with Gasteiger partial charge < -0.3 is 20.3 Å². The lowest BCUT2D eigenvalue weighted by Gasteiger charge is -2.20. The van der Waals surface area contributed by atoms with Gasteiger partial charge in [0.05, 0.1) is 25.4 Å². The Hall–Kier alpha value is -1.92. The number of amides is 1. The average Bonchev–Trinajstić information content (AvgIpc) is 3.36. The Morgan fingerprint density at radius 3 is 1.09 bits per heavy atom. The van der Waals surface area contributed by atoms with Crippen molar-refractivity contribution in [2.24, 2.45) is 0 Å². The van der Waals surface area contributed by atoms with Gasteiger partial charge in [-0.1, -0.05) is 294 Å². The Bertz CT molecular complexity index is 1130. The maximum Gasteiger partial charge on any atom is 0.305 e. The molecule has 0 rings (SSSR count). The lowest BCUT2D eigenvalue weighted by molar-refractivity contribution is -0.143. The summed E-state index contributed by atoms with van der Waals surface area (Å²) in [7, 11) is 0. The van der Waals surface area contributed by atoms with Crippen LogP contribution in [-0.2, 0) is 14.3 Å². The van der Waals surface area contributed by atoms with Crippen LogP contribution < -0.4 is 5.32 Å². The molecule has 2 unspecified atom stereocenters. The van der Waals surface area contributed by atoms with E-state index in [2.05, 4.69) is 43.5 Å². The number of hydrogen-bond donors (Lipinski definition) is 3. The number of carbonyl (C=O) groups is 2. The van der Waals surface area contributed by atoms with E-state index in [-0.39, 0.29) is 18.5 Å². The predicted molar refractivity (Wildman–Crippen MR) is 306 cm³/mol. The van der Waals surface area contributed by atoms with Gasteiger partial charge in [0, 0.05) is 12.8 Å². The Labute approximate surface area is 436 Å². The molecule has 3 N–H and O–H groups in total. The number of aliphatic hydroxyl groups excluding tert-OH is 2. The smallest absolute Gasteiger partial charge is 0.305 e. The summed E-state index contributed by atoms with van der Waals surface area (Å²) in [6, 6.07) is -0.635. The first-order valence-corrected chi connectivity index (χ1v) is 31.3. The molecule has 0 aliphatic rings. The van der Waals surface area contributed by atoms with Crippen LogP contribution in [0.15, 0.2) is 36.5 Å². The van der Waals surface area contributed by atoms with Gasteiger partial charge in [0.2, 0.25) is 5.91 Å². The van der Waals surface area contributed by atoms with Gasteiger partial charge in [0.1, 0.15) is 0 Å². The highest BCUT2D eigenvalue weighted by Crippen LogP contribution is 2.17. The number of esters is 1. The van der Waals surface area contributed by atoms with E-state index >= 15 is 0 Å². The highest BCUT2D eigenvalue weighted by Gasteiger charge is 2.18. The van der Waals surface area contributed by atoms with Gasteiger partial charge in [-0.3, -0.25) is 9.59 Å². The molecule has 6 heteroatoms. The van der Waals surface area contributed by atoms with Crippen LogP contribution in [-0.4, -0.2) is 47.4 Å². The fraction of sp³-hybridized carbons (Fsp3) is 0.875. The second-order valence-electron chi connectivity index (χ2n) is 21.4. The molecule has 0 saturated heterocycles. The van der Waals surface area contributed by atoms with Crippen molar-refractivity contribution in [1.82, 2.24) is 5.32 Å². The molecule has 0 radical (unpaired) electrons. The fourth-order valence-corrected chi connectivity index (χ4v) is 9.61. The van der Waals surface area contributed by atoms with Gasteiger partial charge in [-0.15, -0.1) is 0 Å². The van der Waals surface area contributed by atoms with E-state index in [1.54, 1.807) is 6.08 Å². The summed E-state index contributed by atoms with van der Waals surface area (Å²) in [5.74, 6) is -0.0679. The first-order valence-electron chi connectivity index (χ1n) is 31.3. The zero-order valence-corrected chi connectivity index (χ0v) is 47.0. The molecule has 0 aromatic carbocycles. The SMILES string of the molecule is CCCCCCCCCCCCCCC/C=C/C(O)C(CO)NC(=O)CCCCCCCCC/C=C\C/C=C\CCCCCCCCCCCOC(=O)CCCCCCCCCCCCCCCCC. The number of rotatable bonds is 58. The molecule has 1 amide bonds. The fourth-order valence-electron chi connectivity index (χ4n) is 9.61. The molecule has 6 nitrogen and oxygen atoms in total. The highest BCUT2D eigenvalue weighted by atomic mass is 16.5. The number of carbonyl (C=O) groups excluding carboxylic acids is 2. The van der Waals surface area contributed by atoms with Crippen molar-refractivity contribution in [3.8, 4) is 0 Å². The molecule has 0 aromatic rings. The van der Waals surface area contributed by atoms with Crippen molar-refractivity contribution >= 4 is 11.9 Å². The number of hydrogen-bond acceptors (Lipinski definition) is 5. The minimum Gasteiger partial charge on any atom is -0.466 e. The zero-order valence-electron chi connectivity index (χ0n) is 47.0. The van der Waals surface area contributed by atoms with E-state index < -0.39 is 12.1 Å². The van der Waals surface area contributed by atoms with E-state index in [1.165, 1.54) is 250 Å². The van der Waals surface area contributed by atoms with Crippen LogP contribution in [0.3, 0.4) is 0 Å². The number of ether oxygens (including phenoxy) is 1. The highest BCUT2D eigenvalue weighted by molar-refractivity contribution is 5.76. The van der Waals surface area contributed by atoms with Crippen molar-refractivity contribution in [2.75, 3.05) is 13.2 Å². The quantitative estimate of drug-likeness (QED) is 0.0321. The molecule has 0 bridgehead atoms. The van der Waals surface area contributed by atoms with Gasteiger partial charge in [0.25, 0.3) is 0 Å². The molecule has 0 saturated carbocycles. The topological polar surface area (TPSA) is 95.9 Å². The second kappa shape index (κ2) is 59.6. The van der Waals surface area contributed by atoms with Crippen molar-refractivity contribution in [3.05, 3.63) is 36.5 Å². The minimum absolute atomic E-state index is 0.00944. The number of allylic oxidation sites excluding steroid dienone is 5. The van der Waals surface area contributed by atoms with Crippen molar-refractivity contribution in [1.29, 1.82) is 0 Å². The van der Waals surface area contributed by atoms with Crippen molar-refractivity contribution in [3.63, 3.8) is 0 Å². The van der Waals surface area contributed by atoms with E-state index in [0.29, 0.717) is 19.4 Å². The summed E-state index contributed by atoms with van der Waals surface area (Å²) in [5, 5.41) is 23.1. The molecule has 70 heavy (non-hydrogen) atoms. The van der Waals surface area contributed by atoms with Crippen LogP contribution in [0, 0.1) is 0 Å². The van der Waals surface area contributed by atoms with Crippen LogP contribution in [0.25, 0.3) is 0 Å². The van der Waals surface area contributed by atoms with E-state index in [4.69, 9.17) is 4.74 Å². The molecule has 0 heterocycles. The van der Waals surface area contributed by atoms with Crippen LogP contribution in [0.1, 0.15) is 335 Å². The minimum atomic E-state index is -0.851. The average molecular weight is 985 g/mol. The predicted octanol–water partition coefficient (Wildman–Crippen LogP) is 19.6. The molecule has 0 aliphatic heterocycles. The van der Waals surface area contributed by atoms with Crippen LogP contribution in [0.5, 0.6) is 0 Å². The number of unbranched alkanes of at least 4 members (excludes halogenated alkanes) is 43. The molecular formula is C64H121NO5. The van der Waals surface area contributed by atoms with E-state index in [0.717, 1.165) is 57.8 Å².